The van der Waals surface area contributed by atoms with E-state index in [1.165, 1.54) is 19.3 Å². The molecule has 122 valence electrons. The predicted octanol–water partition coefficient (Wildman–Crippen LogP) is 2.74. The molecule has 3 rings (SSSR count). The molecule has 2 aromatic heterocycles. The van der Waals surface area contributed by atoms with Crippen molar-refractivity contribution in [2.75, 3.05) is 23.3 Å². The minimum atomic E-state index is 0.618. The summed E-state index contributed by atoms with van der Waals surface area (Å²) in [7, 11) is 0. The third-order valence-corrected chi connectivity index (χ3v) is 4.05. The van der Waals surface area contributed by atoms with Crippen LogP contribution in [0.2, 0.25) is 0 Å². The lowest BCUT2D eigenvalue weighted by Crippen LogP contribution is -2.31. The molecule has 1 N–H and O–H groups in total. The van der Waals surface area contributed by atoms with E-state index in [1.54, 1.807) is 12.4 Å². The molecular formula is C17H24N6. The number of nitrogens with one attached hydrogen (secondary N) is 1. The maximum absolute atomic E-state index is 4.69. The summed E-state index contributed by atoms with van der Waals surface area (Å²) in [6.45, 7) is 6.78. The molecule has 3 heterocycles. The van der Waals surface area contributed by atoms with Gasteiger partial charge in [0.15, 0.2) is 0 Å². The Labute approximate surface area is 137 Å². The minimum absolute atomic E-state index is 0.618. The summed E-state index contributed by atoms with van der Waals surface area (Å²) in [6.07, 6.45) is 8.25. The number of rotatable bonds is 5. The van der Waals surface area contributed by atoms with Gasteiger partial charge in [-0.05, 0) is 32.6 Å². The summed E-state index contributed by atoms with van der Waals surface area (Å²) in [5, 5.41) is 3.35. The zero-order chi connectivity index (χ0) is 16.1. The summed E-state index contributed by atoms with van der Waals surface area (Å²) < 4.78 is 0. The molecule has 0 saturated carbocycles. The van der Waals surface area contributed by atoms with Crippen LogP contribution in [-0.2, 0) is 13.0 Å². The van der Waals surface area contributed by atoms with Gasteiger partial charge >= 0.3 is 0 Å². The van der Waals surface area contributed by atoms with E-state index in [9.17, 15) is 0 Å². The van der Waals surface area contributed by atoms with Crippen LogP contribution in [0, 0.1) is 6.92 Å². The van der Waals surface area contributed by atoms with Crippen molar-refractivity contribution in [2.24, 2.45) is 0 Å². The van der Waals surface area contributed by atoms with Crippen molar-refractivity contribution in [3.05, 3.63) is 35.5 Å². The van der Waals surface area contributed by atoms with E-state index in [4.69, 9.17) is 4.98 Å². The van der Waals surface area contributed by atoms with Crippen LogP contribution in [0.15, 0.2) is 18.5 Å². The Morgan fingerprint density at radius 1 is 1.04 bits per heavy atom. The van der Waals surface area contributed by atoms with Crippen LogP contribution in [0.3, 0.4) is 0 Å². The molecule has 0 spiro atoms. The first-order valence-electron chi connectivity index (χ1n) is 8.39. The molecule has 6 heteroatoms. The van der Waals surface area contributed by atoms with Gasteiger partial charge in [-0.2, -0.15) is 4.98 Å². The van der Waals surface area contributed by atoms with E-state index in [-0.39, 0.29) is 0 Å². The second kappa shape index (κ2) is 7.35. The Kier molecular flexibility index (Phi) is 5.00. The minimum Gasteiger partial charge on any atom is -0.364 e. The summed E-state index contributed by atoms with van der Waals surface area (Å²) in [6, 6.07) is 2.02. The van der Waals surface area contributed by atoms with Crippen molar-refractivity contribution in [2.45, 2.75) is 46.1 Å². The average Bonchev–Trinajstić information content (AvgIpc) is 2.61. The fourth-order valence-electron chi connectivity index (χ4n) is 2.68. The van der Waals surface area contributed by atoms with E-state index >= 15 is 0 Å². The Morgan fingerprint density at radius 2 is 1.87 bits per heavy atom. The van der Waals surface area contributed by atoms with Crippen LogP contribution in [0.4, 0.5) is 11.8 Å². The zero-order valence-corrected chi connectivity index (χ0v) is 13.9. The summed E-state index contributed by atoms with van der Waals surface area (Å²) in [5.41, 5.74) is 2.90. The van der Waals surface area contributed by atoms with Crippen molar-refractivity contribution in [3.8, 4) is 0 Å². The highest BCUT2D eigenvalue weighted by atomic mass is 15.3. The third-order valence-electron chi connectivity index (χ3n) is 4.05. The first-order valence-corrected chi connectivity index (χ1v) is 8.39. The number of hydrogen-bond acceptors (Lipinski definition) is 6. The summed E-state index contributed by atoms with van der Waals surface area (Å²) in [5.74, 6) is 1.71. The molecule has 0 bridgehead atoms. The predicted molar refractivity (Wildman–Crippen MR) is 91.6 cm³/mol. The van der Waals surface area contributed by atoms with Crippen LogP contribution in [0.5, 0.6) is 0 Å². The number of aryl methyl sites for hydroxylation is 2. The van der Waals surface area contributed by atoms with Gasteiger partial charge in [-0.25, -0.2) is 4.98 Å². The molecular weight excluding hydrogens is 288 g/mol. The van der Waals surface area contributed by atoms with E-state index in [0.29, 0.717) is 6.54 Å². The fraction of sp³-hybridized carbons (Fsp3) is 0.529. The maximum Gasteiger partial charge on any atom is 0.227 e. The summed E-state index contributed by atoms with van der Waals surface area (Å²) in [4.78, 5) is 20.3. The van der Waals surface area contributed by atoms with E-state index in [2.05, 4.69) is 32.1 Å². The van der Waals surface area contributed by atoms with Crippen LogP contribution in [0.1, 0.15) is 43.3 Å². The molecule has 23 heavy (non-hydrogen) atoms. The Hall–Kier alpha value is -2.24. The largest absolute Gasteiger partial charge is 0.364 e. The quantitative estimate of drug-likeness (QED) is 0.915. The van der Waals surface area contributed by atoms with Crippen molar-refractivity contribution < 1.29 is 0 Å². The monoisotopic (exact) mass is 312 g/mol. The van der Waals surface area contributed by atoms with Gasteiger partial charge < -0.3 is 10.2 Å². The number of piperidine rings is 1. The molecule has 0 amide bonds. The SMILES string of the molecule is CCc1cc(NCc2cnc(C)cn2)nc(N2CCCCC2)n1. The zero-order valence-electron chi connectivity index (χ0n) is 13.9. The third kappa shape index (κ3) is 4.15. The van der Waals surface area contributed by atoms with Crippen molar-refractivity contribution in [3.63, 3.8) is 0 Å². The Morgan fingerprint density at radius 3 is 2.57 bits per heavy atom. The normalized spacial score (nSPS) is 14.8. The van der Waals surface area contributed by atoms with Crippen LogP contribution < -0.4 is 10.2 Å². The van der Waals surface area contributed by atoms with E-state index < -0.39 is 0 Å². The Balaban J connectivity index is 1.73. The summed E-state index contributed by atoms with van der Waals surface area (Å²) >= 11 is 0. The van der Waals surface area contributed by atoms with E-state index in [1.807, 2.05) is 13.0 Å². The van der Waals surface area contributed by atoms with Gasteiger partial charge in [0.2, 0.25) is 5.95 Å². The molecule has 1 saturated heterocycles. The second-order valence-electron chi connectivity index (χ2n) is 5.95. The van der Waals surface area contributed by atoms with Crippen molar-refractivity contribution >= 4 is 11.8 Å². The molecule has 1 aliphatic heterocycles. The number of nitrogens with zero attached hydrogens (tertiary/aromatic N) is 5. The van der Waals surface area contributed by atoms with Gasteiger partial charge in [0.05, 0.1) is 24.1 Å². The first-order chi connectivity index (χ1) is 11.2. The van der Waals surface area contributed by atoms with Crippen molar-refractivity contribution in [1.29, 1.82) is 0 Å². The van der Waals surface area contributed by atoms with Gasteiger partial charge in [0.25, 0.3) is 0 Å². The molecule has 1 fully saturated rings. The van der Waals surface area contributed by atoms with Gasteiger partial charge in [-0.15, -0.1) is 0 Å². The highest BCUT2D eigenvalue weighted by Crippen LogP contribution is 2.19. The van der Waals surface area contributed by atoms with Crippen molar-refractivity contribution in [1.82, 2.24) is 19.9 Å². The van der Waals surface area contributed by atoms with Crippen LogP contribution >= 0.6 is 0 Å². The smallest absolute Gasteiger partial charge is 0.227 e. The second-order valence-corrected chi connectivity index (χ2v) is 5.95. The number of hydrogen-bond donors (Lipinski definition) is 1. The Bertz CT molecular complexity index is 634. The van der Waals surface area contributed by atoms with Gasteiger partial charge in [0.1, 0.15) is 5.82 Å². The maximum atomic E-state index is 4.69. The lowest BCUT2D eigenvalue weighted by Gasteiger charge is -2.27. The van der Waals surface area contributed by atoms with Gasteiger partial charge in [0, 0.05) is 31.0 Å². The molecule has 2 aromatic rings. The highest BCUT2D eigenvalue weighted by Gasteiger charge is 2.15. The topological polar surface area (TPSA) is 66.8 Å². The molecule has 0 radical (unpaired) electrons. The fourth-order valence-corrected chi connectivity index (χ4v) is 2.68. The lowest BCUT2D eigenvalue weighted by molar-refractivity contribution is 0.567. The molecule has 6 nitrogen and oxygen atoms in total. The average molecular weight is 312 g/mol. The first kappa shape index (κ1) is 15.6. The molecule has 0 atom stereocenters. The van der Waals surface area contributed by atoms with Crippen LogP contribution in [-0.4, -0.2) is 33.0 Å². The van der Waals surface area contributed by atoms with Crippen LogP contribution in [0.25, 0.3) is 0 Å². The lowest BCUT2D eigenvalue weighted by atomic mass is 10.1. The standard InChI is InChI=1S/C17H24N6/c1-3-14-9-16(20-12-15-11-18-13(2)10-19-15)22-17(21-14)23-7-5-4-6-8-23/h9-11H,3-8,12H2,1-2H3,(H,20,21,22). The number of anilines is 2. The molecule has 0 unspecified atom stereocenters. The highest BCUT2D eigenvalue weighted by molar-refractivity contribution is 5.44. The molecule has 1 aliphatic rings. The molecule has 0 aromatic carbocycles. The van der Waals surface area contributed by atoms with Gasteiger partial charge in [-0.3, -0.25) is 9.97 Å². The van der Waals surface area contributed by atoms with E-state index in [0.717, 1.165) is 48.4 Å². The molecule has 0 aliphatic carbocycles. The number of aromatic nitrogens is 4. The van der Waals surface area contributed by atoms with Gasteiger partial charge in [-0.1, -0.05) is 6.92 Å².